The largest absolute Gasteiger partial charge is 0.457 e. The lowest BCUT2D eigenvalue weighted by atomic mass is 10.0. The van der Waals surface area contributed by atoms with E-state index >= 15 is 0 Å². The van der Waals surface area contributed by atoms with Crippen molar-refractivity contribution in [3.05, 3.63) is 118 Å². The molecule has 168 valence electrons. The number of H-pyrrole nitrogens is 2. The number of ether oxygens (including phenoxy) is 1. The Morgan fingerprint density at radius 1 is 0.486 bits per heavy atom. The summed E-state index contributed by atoms with van der Waals surface area (Å²) in [6.07, 6.45) is 0. The first kappa shape index (κ1) is 20.6. The molecule has 0 aliphatic heterocycles. The molecule has 0 atom stereocenters. The highest BCUT2D eigenvalue weighted by Gasteiger charge is 2.10. The maximum Gasteiger partial charge on any atom is 0.272 e. The second-order valence-electron chi connectivity index (χ2n) is 8.04. The molecule has 7 nitrogen and oxygen atoms in total. The van der Waals surface area contributed by atoms with Gasteiger partial charge in [-0.25, -0.2) is 10.2 Å². The van der Waals surface area contributed by atoms with E-state index in [2.05, 4.69) is 20.4 Å². The fourth-order valence-electron chi connectivity index (χ4n) is 4.17. The predicted molar refractivity (Wildman–Crippen MR) is 136 cm³/mol. The second-order valence-corrected chi connectivity index (χ2v) is 8.04. The first-order chi connectivity index (χ1) is 17.2. The van der Waals surface area contributed by atoms with Crippen molar-refractivity contribution >= 4 is 21.5 Å². The number of aromatic nitrogens is 4. The van der Waals surface area contributed by atoms with Crippen LogP contribution in [0.1, 0.15) is 0 Å². The molecule has 6 aromatic rings. The first-order valence-corrected chi connectivity index (χ1v) is 11.0. The Labute approximate surface area is 198 Å². The van der Waals surface area contributed by atoms with Gasteiger partial charge in [0.25, 0.3) is 11.1 Å². The summed E-state index contributed by atoms with van der Waals surface area (Å²) in [5, 5.41) is 16.4. The predicted octanol–water partition coefficient (Wildman–Crippen LogP) is 5.29. The molecule has 7 heteroatoms. The maximum absolute atomic E-state index is 12.1. The summed E-state index contributed by atoms with van der Waals surface area (Å²) in [5.41, 5.74) is 2.73. The van der Waals surface area contributed by atoms with Crippen LogP contribution < -0.4 is 15.9 Å². The fourth-order valence-corrected chi connectivity index (χ4v) is 4.17. The quantitative estimate of drug-likeness (QED) is 0.374. The van der Waals surface area contributed by atoms with E-state index in [1.165, 1.54) is 0 Å². The third-order valence-electron chi connectivity index (χ3n) is 5.88. The number of nitrogens with one attached hydrogen (secondary N) is 2. The van der Waals surface area contributed by atoms with E-state index in [1.807, 2.05) is 84.9 Å². The topological polar surface area (TPSA) is 101 Å². The van der Waals surface area contributed by atoms with Gasteiger partial charge in [-0.1, -0.05) is 36.4 Å². The summed E-state index contributed by atoms with van der Waals surface area (Å²) in [7, 11) is 0. The molecule has 6 rings (SSSR count). The van der Waals surface area contributed by atoms with Crippen molar-refractivity contribution in [3.8, 4) is 34.0 Å². The van der Waals surface area contributed by atoms with Gasteiger partial charge in [0.2, 0.25) is 0 Å². The minimum Gasteiger partial charge on any atom is -0.457 e. The molecule has 0 saturated carbocycles. The van der Waals surface area contributed by atoms with Gasteiger partial charge < -0.3 is 4.74 Å². The monoisotopic (exact) mass is 458 g/mol. The van der Waals surface area contributed by atoms with Crippen LogP contribution >= 0.6 is 0 Å². The summed E-state index contributed by atoms with van der Waals surface area (Å²) in [6.45, 7) is 0. The van der Waals surface area contributed by atoms with Crippen molar-refractivity contribution in [2.75, 3.05) is 0 Å². The molecule has 0 aliphatic carbocycles. The van der Waals surface area contributed by atoms with E-state index in [9.17, 15) is 9.59 Å². The van der Waals surface area contributed by atoms with Crippen molar-refractivity contribution in [2.45, 2.75) is 0 Å². The number of rotatable bonds is 4. The normalized spacial score (nSPS) is 11.1. The highest BCUT2D eigenvalue weighted by atomic mass is 16.5. The Morgan fingerprint density at radius 2 is 0.857 bits per heavy atom. The van der Waals surface area contributed by atoms with Crippen LogP contribution in [0.4, 0.5) is 0 Å². The van der Waals surface area contributed by atoms with Gasteiger partial charge in [-0.05, 0) is 60.7 Å². The number of benzene rings is 4. The van der Waals surface area contributed by atoms with Crippen molar-refractivity contribution in [1.82, 2.24) is 20.4 Å². The van der Waals surface area contributed by atoms with E-state index in [0.717, 1.165) is 21.9 Å². The van der Waals surface area contributed by atoms with Crippen LogP contribution in [-0.2, 0) is 0 Å². The molecule has 35 heavy (non-hydrogen) atoms. The summed E-state index contributed by atoms with van der Waals surface area (Å²) in [4.78, 5) is 24.1. The molecular formula is C28H18N4O3. The van der Waals surface area contributed by atoms with Gasteiger partial charge in [0.15, 0.2) is 0 Å². The lowest BCUT2D eigenvalue weighted by molar-refractivity contribution is 0.483. The van der Waals surface area contributed by atoms with Crippen molar-refractivity contribution in [2.24, 2.45) is 0 Å². The smallest absolute Gasteiger partial charge is 0.272 e. The highest BCUT2D eigenvalue weighted by Crippen LogP contribution is 2.30. The first-order valence-electron chi connectivity index (χ1n) is 11.0. The fraction of sp³-hybridized carbons (Fsp3) is 0. The summed E-state index contributed by atoms with van der Waals surface area (Å²) in [5.74, 6) is 1.34. The third kappa shape index (κ3) is 3.75. The SMILES string of the molecule is O=c1[nH]nc(-c2ccc(Oc3ccc(-c4n[nH]c(=O)c5ccccc45)cc3)cc2)c2ccccc12. The van der Waals surface area contributed by atoms with Gasteiger partial charge in [0, 0.05) is 21.9 Å². The van der Waals surface area contributed by atoms with E-state index in [4.69, 9.17) is 4.74 Å². The van der Waals surface area contributed by atoms with Crippen LogP contribution in [-0.4, -0.2) is 20.4 Å². The van der Waals surface area contributed by atoms with Crippen LogP contribution in [0.25, 0.3) is 44.1 Å². The molecule has 0 bridgehead atoms. The Bertz CT molecular complexity index is 1670. The zero-order chi connectivity index (χ0) is 23.8. The second kappa shape index (κ2) is 8.39. The summed E-state index contributed by atoms with van der Waals surface area (Å²) < 4.78 is 6.02. The minimum absolute atomic E-state index is 0.210. The van der Waals surface area contributed by atoms with E-state index in [1.54, 1.807) is 12.1 Å². The van der Waals surface area contributed by atoms with Crippen LogP contribution in [0.3, 0.4) is 0 Å². The van der Waals surface area contributed by atoms with E-state index in [-0.39, 0.29) is 11.1 Å². The Balaban J connectivity index is 1.26. The zero-order valence-electron chi connectivity index (χ0n) is 18.4. The average Bonchev–Trinajstić information content (AvgIpc) is 2.91. The molecule has 0 unspecified atom stereocenters. The summed E-state index contributed by atoms with van der Waals surface area (Å²) >= 11 is 0. The molecule has 0 amide bonds. The van der Waals surface area contributed by atoms with Crippen LogP contribution in [0.2, 0.25) is 0 Å². The van der Waals surface area contributed by atoms with Gasteiger partial charge in [0.1, 0.15) is 11.5 Å². The molecule has 2 aromatic heterocycles. The van der Waals surface area contributed by atoms with Crippen molar-refractivity contribution in [3.63, 3.8) is 0 Å². The Hall–Kier alpha value is -5.04. The lowest BCUT2D eigenvalue weighted by Crippen LogP contribution is -2.09. The van der Waals surface area contributed by atoms with Gasteiger partial charge in [-0.3, -0.25) is 9.59 Å². The number of fused-ring (bicyclic) bond motifs is 2. The number of aromatic amines is 2. The Kier molecular flexibility index (Phi) is 4.93. The molecule has 0 spiro atoms. The van der Waals surface area contributed by atoms with Crippen LogP contribution in [0.15, 0.2) is 107 Å². The molecule has 2 N–H and O–H groups in total. The molecule has 2 heterocycles. The zero-order valence-corrected chi connectivity index (χ0v) is 18.4. The Morgan fingerprint density at radius 3 is 1.26 bits per heavy atom. The van der Waals surface area contributed by atoms with Crippen molar-refractivity contribution < 1.29 is 4.74 Å². The van der Waals surface area contributed by atoms with Gasteiger partial charge >= 0.3 is 0 Å². The summed E-state index contributed by atoms with van der Waals surface area (Å²) in [6, 6.07) is 29.9. The van der Waals surface area contributed by atoms with Crippen molar-refractivity contribution in [1.29, 1.82) is 0 Å². The molecule has 0 aliphatic rings. The third-order valence-corrected chi connectivity index (χ3v) is 5.88. The highest BCUT2D eigenvalue weighted by molar-refractivity contribution is 5.94. The van der Waals surface area contributed by atoms with Gasteiger partial charge in [0.05, 0.1) is 22.2 Å². The average molecular weight is 458 g/mol. The van der Waals surface area contributed by atoms with E-state index in [0.29, 0.717) is 33.7 Å². The van der Waals surface area contributed by atoms with Gasteiger partial charge in [-0.15, -0.1) is 0 Å². The number of hydrogen-bond donors (Lipinski definition) is 2. The molecule has 0 saturated heterocycles. The molecule has 0 radical (unpaired) electrons. The lowest BCUT2D eigenvalue weighted by Gasteiger charge is -2.09. The minimum atomic E-state index is -0.210. The number of nitrogens with zero attached hydrogens (tertiary/aromatic N) is 2. The molecular weight excluding hydrogens is 440 g/mol. The van der Waals surface area contributed by atoms with Crippen LogP contribution in [0.5, 0.6) is 11.5 Å². The standard InChI is InChI=1S/C28H18N4O3/c33-27-23-7-3-1-5-21(23)25(29-31-27)17-9-13-19(14-10-17)35-20-15-11-18(12-16-20)26-22-6-2-4-8-24(22)28(34)32-30-26/h1-16H,(H,31,33)(H,32,34). The van der Waals surface area contributed by atoms with Crippen LogP contribution in [0, 0.1) is 0 Å². The molecule has 0 fully saturated rings. The maximum atomic E-state index is 12.1. The van der Waals surface area contributed by atoms with E-state index < -0.39 is 0 Å². The molecule has 4 aromatic carbocycles. The van der Waals surface area contributed by atoms with Gasteiger partial charge in [-0.2, -0.15) is 10.2 Å². The number of hydrogen-bond acceptors (Lipinski definition) is 5.